The van der Waals surface area contributed by atoms with E-state index in [1.807, 2.05) is 26.0 Å². The average Bonchev–Trinajstić information content (AvgIpc) is 2.68. The third-order valence-corrected chi connectivity index (χ3v) is 5.29. The normalized spacial score (nSPS) is 17.3. The van der Waals surface area contributed by atoms with Crippen LogP contribution in [0.25, 0.3) is 10.9 Å². The van der Waals surface area contributed by atoms with Crippen molar-refractivity contribution in [3.63, 3.8) is 0 Å². The van der Waals surface area contributed by atoms with E-state index in [4.69, 9.17) is 9.72 Å². The predicted octanol–water partition coefficient (Wildman–Crippen LogP) is 3.94. The first-order chi connectivity index (χ1) is 13.8. The molecule has 0 bridgehead atoms. The van der Waals surface area contributed by atoms with Crippen molar-refractivity contribution in [1.29, 1.82) is 0 Å². The summed E-state index contributed by atoms with van der Waals surface area (Å²) in [7, 11) is 0. The fraction of sp³-hybridized carbons (Fsp3) is 0.591. The third-order valence-electron chi connectivity index (χ3n) is 5.29. The molecule has 1 N–H and O–H groups in total. The Bertz CT molecular complexity index is 936. The highest BCUT2D eigenvalue weighted by Gasteiger charge is 2.25. The Labute approximate surface area is 171 Å². The number of fused-ring (bicyclic) bond motifs is 1. The molecule has 1 fully saturated rings. The third kappa shape index (κ3) is 4.89. The molecule has 0 radical (unpaired) electrons. The topological polar surface area (TPSA) is 84.7 Å². The molecule has 158 valence electrons. The lowest BCUT2D eigenvalue weighted by Gasteiger charge is -2.31. The van der Waals surface area contributed by atoms with Crippen LogP contribution in [0.2, 0.25) is 0 Å². The molecule has 29 heavy (non-hydrogen) atoms. The van der Waals surface area contributed by atoms with E-state index >= 15 is 0 Å². The molecule has 1 aromatic carbocycles. The van der Waals surface area contributed by atoms with Crippen LogP contribution in [0.1, 0.15) is 52.3 Å². The summed E-state index contributed by atoms with van der Waals surface area (Å²) in [5.74, 6) is 2.00. The smallest absolute Gasteiger partial charge is 0.407 e. The number of aromatic nitrogens is 2. The summed E-state index contributed by atoms with van der Waals surface area (Å²) in [5, 5.41) is 9.86. The Morgan fingerprint density at radius 2 is 2.07 bits per heavy atom. The van der Waals surface area contributed by atoms with Crippen LogP contribution in [-0.4, -0.2) is 45.3 Å². The molecule has 1 aliphatic heterocycles. The molecule has 0 aliphatic carbocycles. The Kier molecular flexibility index (Phi) is 6.45. The van der Waals surface area contributed by atoms with Gasteiger partial charge in [-0.2, -0.15) is 0 Å². The van der Waals surface area contributed by atoms with Crippen molar-refractivity contribution in [2.24, 2.45) is 11.8 Å². The van der Waals surface area contributed by atoms with E-state index in [2.05, 4.69) is 13.8 Å². The number of ether oxygens (including phenoxy) is 1. The highest BCUT2D eigenvalue weighted by atomic mass is 16.5. The molecule has 1 saturated heterocycles. The van der Waals surface area contributed by atoms with E-state index in [1.54, 1.807) is 10.6 Å². The molecule has 3 rings (SSSR count). The van der Waals surface area contributed by atoms with E-state index in [0.29, 0.717) is 48.8 Å². The van der Waals surface area contributed by atoms with Crippen LogP contribution < -0.4 is 10.3 Å². The summed E-state index contributed by atoms with van der Waals surface area (Å²) in [6, 6.07) is 5.48. The second kappa shape index (κ2) is 8.84. The molecule has 0 unspecified atom stereocenters. The first-order valence-corrected chi connectivity index (χ1v) is 10.4. The molecule has 0 spiro atoms. The summed E-state index contributed by atoms with van der Waals surface area (Å²) in [5.41, 5.74) is 0.587. The minimum Gasteiger partial charge on any atom is -0.493 e. The standard InChI is InChI=1S/C22H31N3O4/c1-14(2)13-29-17-7-8-19-18(10-17)21(26)25(20(23-19)15(3)4)12-16-6-5-9-24(11-16)22(27)28/h7-8,10,14-16H,5-6,9,11-13H2,1-4H3,(H,27,28)/t16-/m0/s1. The van der Waals surface area contributed by atoms with Gasteiger partial charge in [0.1, 0.15) is 11.6 Å². The second-order valence-electron chi connectivity index (χ2n) is 8.66. The van der Waals surface area contributed by atoms with Gasteiger partial charge < -0.3 is 14.7 Å². The van der Waals surface area contributed by atoms with Crippen LogP contribution in [-0.2, 0) is 6.54 Å². The summed E-state index contributed by atoms with van der Waals surface area (Å²) in [6.07, 6.45) is 0.829. The molecule has 7 nitrogen and oxygen atoms in total. The van der Waals surface area contributed by atoms with Gasteiger partial charge in [-0.05, 0) is 42.9 Å². The number of hydrogen-bond acceptors (Lipinski definition) is 4. The SMILES string of the molecule is CC(C)COc1ccc2nc(C(C)C)n(C[C@H]3CCCN(C(=O)O)C3)c(=O)c2c1. The molecule has 7 heteroatoms. The van der Waals surface area contributed by atoms with Crippen molar-refractivity contribution in [3.05, 3.63) is 34.4 Å². The Morgan fingerprint density at radius 3 is 2.72 bits per heavy atom. The van der Waals surface area contributed by atoms with Crippen LogP contribution in [0.15, 0.2) is 23.0 Å². The van der Waals surface area contributed by atoms with Gasteiger partial charge in [0.05, 0.1) is 17.5 Å². The van der Waals surface area contributed by atoms with Crippen molar-refractivity contribution in [1.82, 2.24) is 14.5 Å². The average molecular weight is 402 g/mol. The number of piperidine rings is 1. The summed E-state index contributed by atoms with van der Waals surface area (Å²) in [6.45, 7) is 10.3. The molecule has 1 atom stereocenters. The maximum absolute atomic E-state index is 13.4. The van der Waals surface area contributed by atoms with Gasteiger partial charge in [-0.15, -0.1) is 0 Å². The highest BCUT2D eigenvalue weighted by molar-refractivity contribution is 5.79. The lowest BCUT2D eigenvalue weighted by atomic mass is 9.97. The molecule has 1 aliphatic rings. The van der Waals surface area contributed by atoms with Crippen LogP contribution in [0.5, 0.6) is 5.75 Å². The van der Waals surface area contributed by atoms with Crippen molar-refractivity contribution >= 4 is 17.0 Å². The quantitative estimate of drug-likeness (QED) is 0.792. The van der Waals surface area contributed by atoms with Crippen molar-refractivity contribution in [2.45, 2.75) is 53.0 Å². The molecule has 1 aromatic heterocycles. The van der Waals surface area contributed by atoms with Gasteiger partial charge in [0.15, 0.2) is 0 Å². The first kappa shape index (κ1) is 21.1. The lowest BCUT2D eigenvalue weighted by Crippen LogP contribution is -2.41. The van der Waals surface area contributed by atoms with Crippen LogP contribution >= 0.6 is 0 Å². The molecule has 1 amide bonds. The number of carboxylic acid groups (broad SMARTS) is 1. The van der Waals surface area contributed by atoms with Gasteiger partial charge in [0, 0.05) is 25.6 Å². The minimum atomic E-state index is -0.894. The largest absolute Gasteiger partial charge is 0.493 e. The van der Waals surface area contributed by atoms with Gasteiger partial charge >= 0.3 is 6.09 Å². The number of nitrogens with zero attached hydrogens (tertiary/aromatic N) is 3. The van der Waals surface area contributed by atoms with Crippen LogP contribution in [0.4, 0.5) is 4.79 Å². The van der Waals surface area contributed by atoms with E-state index < -0.39 is 6.09 Å². The highest BCUT2D eigenvalue weighted by Crippen LogP contribution is 2.23. The van der Waals surface area contributed by atoms with E-state index in [0.717, 1.165) is 18.7 Å². The zero-order valence-corrected chi connectivity index (χ0v) is 17.7. The molecular formula is C22H31N3O4. The predicted molar refractivity (Wildman–Crippen MR) is 113 cm³/mol. The van der Waals surface area contributed by atoms with Crippen LogP contribution in [0, 0.1) is 11.8 Å². The monoisotopic (exact) mass is 401 g/mol. The van der Waals surface area contributed by atoms with Gasteiger partial charge in [0.2, 0.25) is 0 Å². The number of hydrogen-bond donors (Lipinski definition) is 1. The maximum Gasteiger partial charge on any atom is 0.407 e. The van der Waals surface area contributed by atoms with Gasteiger partial charge in [-0.1, -0.05) is 27.7 Å². The van der Waals surface area contributed by atoms with E-state index in [-0.39, 0.29) is 17.4 Å². The van der Waals surface area contributed by atoms with Crippen LogP contribution in [0.3, 0.4) is 0 Å². The Morgan fingerprint density at radius 1 is 1.31 bits per heavy atom. The number of amides is 1. The fourth-order valence-corrected chi connectivity index (χ4v) is 3.83. The molecule has 2 heterocycles. The summed E-state index contributed by atoms with van der Waals surface area (Å²) >= 11 is 0. The number of benzene rings is 1. The lowest BCUT2D eigenvalue weighted by molar-refractivity contribution is 0.116. The van der Waals surface area contributed by atoms with Gasteiger partial charge in [-0.3, -0.25) is 9.36 Å². The molecular weight excluding hydrogens is 370 g/mol. The number of rotatable bonds is 6. The molecule has 0 saturated carbocycles. The van der Waals surface area contributed by atoms with Crippen molar-refractivity contribution < 1.29 is 14.6 Å². The number of likely N-dealkylation sites (tertiary alicyclic amines) is 1. The maximum atomic E-state index is 13.4. The van der Waals surface area contributed by atoms with Crippen molar-refractivity contribution in [2.75, 3.05) is 19.7 Å². The Hall–Kier alpha value is -2.57. The minimum absolute atomic E-state index is 0.0823. The summed E-state index contributed by atoms with van der Waals surface area (Å²) in [4.78, 5) is 30.9. The zero-order valence-electron chi connectivity index (χ0n) is 17.7. The summed E-state index contributed by atoms with van der Waals surface area (Å²) < 4.78 is 7.54. The number of carbonyl (C=O) groups is 1. The first-order valence-electron chi connectivity index (χ1n) is 10.4. The van der Waals surface area contributed by atoms with E-state index in [9.17, 15) is 14.7 Å². The molecule has 2 aromatic rings. The Balaban J connectivity index is 1.97. The fourth-order valence-electron chi connectivity index (χ4n) is 3.83. The van der Waals surface area contributed by atoms with Crippen molar-refractivity contribution in [3.8, 4) is 5.75 Å². The van der Waals surface area contributed by atoms with E-state index in [1.165, 1.54) is 4.90 Å². The second-order valence-corrected chi connectivity index (χ2v) is 8.66. The zero-order chi connectivity index (χ0) is 21.1. The van der Waals surface area contributed by atoms with Gasteiger partial charge in [0.25, 0.3) is 5.56 Å². The van der Waals surface area contributed by atoms with Gasteiger partial charge in [-0.25, -0.2) is 9.78 Å².